The fourth-order valence-electron chi connectivity index (χ4n) is 5.23. The summed E-state index contributed by atoms with van der Waals surface area (Å²) < 4.78 is 10.1. The molecule has 184 valence electrons. The third-order valence-electron chi connectivity index (χ3n) is 7.58. The van der Waals surface area contributed by atoms with Crippen molar-refractivity contribution in [3.63, 3.8) is 0 Å². The van der Waals surface area contributed by atoms with Gasteiger partial charge in [0.1, 0.15) is 11.8 Å². The predicted octanol–water partition coefficient (Wildman–Crippen LogP) is 4.44. The van der Waals surface area contributed by atoms with Crippen molar-refractivity contribution in [3.05, 3.63) is 52.4 Å². The molecule has 2 heterocycles. The second kappa shape index (κ2) is 9.15. The van der Waals surface area contributed by atoms with E-state index in [1.165, 1.54) is 0 Å². The van der Waals surface area contributed by atoms with Gasteiger partial charge in [0, 0.05) is 24.4 Å². The number of amides is 1. The SMILES string of the molecule is O=C(Nc1cccn(C2CC2)c1=O)c1ccc2nn(C3CCC(CCO)CC3)c(OC3CC3)c2c1. The summed E-state index contributed by atoms with van der Waals surface area (Å²) in [5.41, 5.74) is 1.43. The van der Waals surface area contributed by atoms with Crippen LogP contribution in [0, 0.1) is 5.92 Å². The van der Waals surface area contributed by atoms with Crippen LogP contribution in [0.2, 0.25) is 0 Å². The summed E-state index contributed by atoms with van der Waals surface area (Å²) in [4.78, 5) is 25.9. The van der Waals surface area contributed by atoms with E-state index in [0.29, 0.717) is 17.2 Å². The van der Waals surface area contributed by atoms with E-state index in [4.69, 9.17) is 9.84 Å². The van der Waals surface area contributed by atoms with E-state index in [-0.39, 0.29) is 36.3 Å². The first-order chi connectivity index (χ1) is 17.1. The molecule has 0 saturated heterocycles. The van der Waals surface area contributed by atoms with Gasteiger partial charge in [-0.1, -0.05) is 0 Å². The number of aromatic nitrogens is 3. The molecule has 3 saturated carbocycles. The molecule has 0 unspecified atom stereocenters. The molecule has 8 nitrogen and oxygen atoms in total. The monoisotopic (exact) mass is 476 g/mol. The molecular formula is C27H32N4O4. The van der Waals surface area contributed by atoms with Crippen molar-refractivity contribution in [1.82, 2.24) is 14.3 Å². The number of fused-ring (bicyclic) bond motifs is 1. The van der Waals surface area contributed by atoms with E-state index in [0.717, 1.165) is 74.6 Å². The Labute approximate surface area is 203 Å². The molecule has 0 spiro atoms. The highest BCUT2D eigenvalue weighted by Crippen LogP contribution is 2.40. The standard InChI is InChI=1S/C27H32N4O4/c32-15-13-17-3-6-20(7-4-17)31-27(35-21-10-11-21)22-16-18(5-12-23(22)29-31)25(33)28-24-2-1-14-30(26(24)34)19-8-9-19/h1-2,5,12,14,16-17,19-21,32H,3-4,6-11,13,15H2,(H,28,33). The number of aliphatic hydroxyl groups excluding tert-OH is 1. The predicted molar refractivity (Wildman–Crippen MR) is 133 cm³/mol. The first-order valence-corrected chi connectivity index (χ1v) is 12.9. The van der Waals surface area contributed by atoms with Crippen molar-refractivity contribution in [2.45, 2.75) is 76.0 Å². The number of nitrogens with zero attached hydrogens (tertiary/aromatic N) is 3. The van der Waals surface area contributed by atoms with Gasteiger partial charge in [0.15, 0.2) is 0 Å². The summed E-state index contributed by atoms with van der Waals surface area (Å²) in [5, 5.41) is 17.8. The number of pyridine rings is 1. The van der Waals surface area contributed by atoms with Crippen LogP contribution >= 0.6 is 0 Å². The van der Waals surface area contributed by atoms with Gasteiger partial charge < -0.3 is 19.7 Å². The Morgan fingerprint density at radius 1 is 1.06 bits per heavy atom. The number of hydrogen-bond donors (Lipinski definition) is 2. The lowest BCUT2D eigenvalue weighted by Crippen LogP contribution is -2.24. The van der Waals surface area contributed by atoms with Crippen LogP contribution < -0.4 is 15.6 Å². The maximum Gasteiger partial charge on any atom is 0.274 e. The molecule has 0 radical (unpaired) electrons. The summed E-state index contributed by atoms with van der Waals surface area (Å²) in [6, 6.07) is 9.44. The normalized spacial score (nSPS) is 22.3. The van der Waals surface area contributed by atoms with Gasteiger partial charge >= 0.3 is 0 Å². The van der Waals surface area contributed by atoms with Gasteiger partial charge in [-0.05, 0) is 94.0 Å². The molecule has 35 heavy (non-hydrogen) atoms. The molecule has 6 rings (SSSR count). The number of rotatable bonds is 8. The third kappa shape index (κ3) is 4.59. The van der Waals surface area contributed by atoms with Crippen molar-refractivity contribution in [2.75, 3.05) is 11.9 Å². The van der Waals surface area contributed by atoms with Gasteiger partial charge in [-0.3, -0.25) is 9.59 Å². The minimum atomic E-state index is -0.313. The Hall–Kier alpha value is -3.13. The number of aliphatic hydroxyl groups is 1. The maximum absolute atomic E-state index is 13.1. The van der Waals surface area contributed by atoms with E-state index in [1.54, 1.807) is 29.0 Å². The van der Waals surface area contributed by atoms with Crippen LogP contribution in [0.4, 0.5) is 5.69 Å². The van der Waals surface area contributed by atoms with Gasteiger partial charge in [0.25, 0.3) is 11.5 Å². The number of carbonyl (C=O) groups excluding carboxylic acids is 1. The Balaban J connectivity index is 1.28. The van der Waals surface area contributed by atoms with Crippen LogP contribution in [0.15, 0.2) is 41.3 Å². The summed E-state index contributed by atoms with van der Waals surface area (Å²) >= 11 is 0. The van der Waals surface area contributed by atoms with E-state index in [2.05, 4.69) is 5.32 Å². The number of benzene rings is 1. The Kier molecular flexibility index (Phi) is 5.84. The molecular weight excluding hydrogens is 444 g/mol. The number of anilines is 1. The van der Waals surface area contributed by atoms with Gasteiger partial charge in [-0.2, -0.15) is 5.10 Å². The van der Waals surface area contributed by atoms with Crippen LogP contribution in [0.5, 0.6) is 5.88 Å². The lowest BCUT2D eigenvalue weighted by Gasteiger charge is -2.29. The topological polar surface area (TPSA) is 98.4 Å². The fourth-order valence-corrected chi connectivity index (χ4v) is 5.23. The van der Waals surface area contributed by atoms with Crippen molar-refractivity contribution >= 4 is 22.5 Å². The molecule has 0 bridgehead atoms. The highest BCUT2D eigenvalue weighted by Gasteiger charge is 2.31. The number of hydrogen-bond acceptors (Lipinski definition) is 5. The highest BCUT2D eigenvalue weighted by molar-refractivity contribution is 6.06. The zero-order chi connectivity index (χ0) is 23.9. The molecule has 8 heteroatoms. The summed E-state index contributed by atoms with van der Waals surface area (Å²) in [5.74, 6) is 1.01. The van der Waals surface area contributed by atoms with Gasteiger partial charge in [0.05, 0.1) is 16.9 Å². The largest absolute Gasteiger partial charge is 0.474 e. The Morgan fingerprint density at radius 2 is 1.83 bits per heavy atom. The summed E-state index contributed by atoms with van der Waals surface area (Å²) in [7, 11) is 0. The first-order valence-electron chi connectivity index (χ1n) is 12.9. The Bertz CT molecular complexity index is 1300. The molecule has 0 aliphatic heterocycles. The quantitative estimate of drug-likeness (QED) is 0.501. The van der Waals surface area contributed by atoms with E-state index >= 15 is 0 Å². The van der Waals surface area contributed by atoms with E-state index < -0.39 is 0 Å². The molecule has 3 aromatic rings. The van der Waals surface area contributed by atoms with Gasteiger partial charge in [-0.15, -0.1) is 0 Å². The fraction of sp³-hybridized carbons (Fsp3) is 0.519. The van der Waals surface area contributed by atoms with Crippen LogP contribution in [-0.2, 0) is 0 Å². The van der Waals surface area contributed by atoms with Crippen molar-refractivity contribution in [3.8, 4) is 5.88 Å². The lowest BCUT2D eigenvalue weighted by atomic mass is 9.84. The lowest BCUT2D eigenvalue weighted by molar-refractivity contribution is 0.102. The highest BCUT2D eigenvalue weighted by atomic mass is 16.5. The second-order valence-electron chi connectivity index (χ2n) is 10.3. The van der Waals surface area contributed by atoms with Crippen molar-refractivity contribution in [1.29, 1.82) is 0 Å². The molecule has 1 aromatic carbocycles. The van der Waals surface area contributed by atoms with Crippen LogP contribution in [-0.4, -0.2) is 38.1 Å². The second-order valence-corrected chi connectivity index (χ2v) is 10.3. The zero-order valence-corrected chi connectivity index (χ0v) is 19.9. The molecule has 3 aliphatic carbocycles. The molecule has 2 aromatic heterocycles. The third-order valence-corrected chi connectivity index (χ3v) is 7.58. The summed E-state index contributed by atoms with van der Waals surface area (Å²) in [6.07, 6.45) is 11.1. The minimum Gasteiger partial charge on any atom is -0.474 e. The molecule has 1 amide bonds. The first kappa shape index (κ1) is 22.3. The van der Waals surface area contributed by atoms with Crippen molar-refractivity contribution < 1.29 is 14.6 Å². The summed E-state index contributed by atoms with van der Waals surface area (Å²) in [6.45, 7) is 0.249. The average molecular weight is 477 g/mol. The smallest absolute Gasteiger partial charge is 0.274 e. The van der Waals surface area contributed by atoms with Crippen LogP contribution in [0.25, 0.3) is 10.9 Å². The molecule has 3 aliphatic rings. The van der Waals surface area contributed by atoms with Crippen molar-refractivity contribution in [2.24, 2.45) is 5.92 Å². The van der Waals surface area contributed by atoms with Gasteiger partial charge in [-0.25, -0.2) is 4.68 Å². The van der Waals surface area contributed by atoms with E-state index in [1.807, 2.05) is 16.8 Å². The maximum atomic E-state index is 13.1. The molecule has 0 atom stereocenters. The molecule has 3 fully saturated rings. The van der Waals surface area contributed by atoms with E-state index in [9.17, 15) is 14.7 Å². The number of ether oxygens (including phenoxy) is 1. The van der Waals surface area contributed by atoms with Crippen LogP contribution in [0.3, 0.4) is 0 Å². The zero-order valence-electron chi connectivity index (χ0n) is 19.9. The number of nitrogens with one attached hydrogen (secondary N) is 1. The number of carbonyl (C=O) groups is 1. The minimum absolute atomic E-state index is 0.160. The molecule has 2 N–H and O–H groups in total. The average Bonchev–Trinajstić information content (AvgIpc) is 3.80. The Morgan fingerprint density at radius 3 is 2.54 bits per heavy atom. The van der Waals surface area contributed by atoms with Gasteiger partial charge in [0.2, 0.25) is 5.88 Å². The van der Waals surface area contributed by atoms with Crippen LogP contribution in [0.1, 0.15) is 80.2 Å².